The Morgan fingerprint density at radius 2 is 1.72 bits per heavy atom. The van der Waals surface area contributed by atoms with Crippen LogP contribution in [0.5, 0.6) is 5.75 Å². The van der Waals surface area contributed by atoms with Crippen LogP contribution in [0.15, 0.2) is 48.7 Å². The fraction of sp³-hybridized carbons (Fsp3) is 0.477. The van der Waals surface area contributed by atoms with E-state index in [1.54, 1.807) is 26.3 Å². The van der Waals surface area contributed by atoms with Gasteiger partial charge in [-0.15, -0.1) is 0 Å². The lowest BCUT2D eigenvalue weighted by Gasteiger charge is -2.60. The summed E-state index contributed by atoms with van der Waals surface area (Å²) in [7, 11) is 3.55. The number of ether oxygens (including phenoxy) is 1. The maximum absolute atomic E-state index is 13.8. The summed E-state index contributed by atoms with van der Waals surface area (Å²) in [6.45, 7) is 8.39. The molecule has 304 valence electrons. The van der Waals surface area contributed by atoms with Crippen molar-refractivity contribution >= 4 is 46.7 Å². The summed E-state index contributed by atoms with van der Waals surface area (Å²) >= 11 is 14.1. The van der Waals surface area contributed by atoms with E-state index in [1.165, 1.54) is 0 Å². The Kier molecular flexibility index (Phi) is 9.85. The third-order valence-corrected chi connectivity index (χ3v) is 14.7. The van der Waals surface area contributed by atoms with Crippen molar-refractivity contribution in [2.45, 2.75) is 65.0 Å². The van der Waals surface area contributed by atoms with Crippen LogP contribution >= 0.6 is 23.2 Å². The molecule has 2 aromatic carbocycles. The quantitative estimate of drug-likeness (QED) is 0.162. The molecule has 0 unspecified atom stereocenters. The summed E-state index contributed by atoms with van der Waals surface area (Å²) in [4.78, 5) is 53.6. The molecule has 3 aliphatic heterocycles. The Morgan fingerprint density at radius 1 is 0.966 bits per heavy atom. The van der Waals surface area contributed by atoms with E-state index in [4.69, 9.17) is 32.9 Å². The van der Waals surface area contributed by atoms with E-state index in [1.807, 2.05) is 46.8 Å². The molecule has 4 aromatic rings. The van der Waals surface area contributed by atoms with E-state index < -0.39 is 11.4 Å². The summed E-state index contributed by atoms with van der Waals surface area (Å²) in [5.41, 5.74) is 6.05. The van der Waals surface area contributed by atoms with Gasteiger partial charge in [-0.25, -0.2) is 4.98 Å². The van der Waals surface area contributed by atoms with Gasteiger partial charge < -0.3 is 24.6 Å². The standard InChI is InChI=1S/C44H49Cl2N7O5/c1-27(54)53-25-43(26-53)23-52(24-43)20-29-8-7-28(19-35(29)58-3)38-37(46)31(9-16-47-38)30-5-4-6-32(36(30)45)49-40(55)39-48-33-21-51(17-10-34(33)50(39)2)18-15-42-11-13-44(22-42,14-12-42)41(56)57/h4-9,16,19H,10-15,17-18,20-26H2,1-3H3,(H,49,55)(H,56,57). The first-order valence-electron chi connectivity index (χ1n) is 20.2. The van der Waals surface area contributed by atoms with Gasteiger partial charge in [-0.1, -0.05) is 47.5 Å². The number of nitrogens with zero attached hydrogens (tertiary/aromatic N) is 6. The second-order valence-corrected chi connectivity index (χ2v) is 18.4. The smallest absolute Gasteiger partial charge is 0.309 e. The van der Waals surface area contributed by atoms with Gasteiger partial charge in [-0.2, -0.15) is 0 Å². The second kappa shape index (κ2) is 14.7. The number of anilines is 1. The molecule has 4 fully saturated rings. The monoisotopic (exact) mass is 825 g/mol. The molecule has 2 saturated heterocycles. The van der Waals surface area contributed by atoms with Crippen LogP contribution in [0, 0.1) is 16.2 Å². The highest BCUT2D eigenvalue weighted by Gasteiger charge is 2.58. The maximum atomic E-state index is 13.8. The minimum Gasteiger partial charge on any atom is -0.496 e. The Bertz CT molecular complexity index is 2320. The molecule has 0 radical (unpaired) electrons. The predicted molar refractivity (Wildman–Crippen MR) is 222 cm³/mol. The number of aliphatic carboxylic acids is 1. The summed E-state index contributed by atoms with van der Waals surface area (Å²) in [6.07, 6.45) is 7.88. The molecule has 58 heavy (non-hydrogen) atoms. The summed E-state index contributed by atoms with van der Waals surface area (Å²) in [6, 6.07) is 13.3. The van der Waals surface area contributed by atoms with Crippen LogP contribution in [-0.4, -0.2) is 98.5 Å². The van der Waals surface area contributed by atoms with Crippen LogP contribution in [0.2, 0.25) is 10.0 Å². The first-order valence-corrected chi connectivity index (χ1v) is 21.0. The van der Waals surface area contributed by atoms with Gasteiger partial charge in [-0.05, 0) is 68.7 Å². The minimum atomic E-state index is -0.623. The van der Waals surface area contributed by atoms with Crippen LogP contribution in [0.4, 0.5) is 5.69 Å². The molecule has 2 aromatic heterocycles. The average Bonchev–Trinajstić information content (AvgIpc) is 3.86. The first-order chi connectivity index (χ1) is 27.8. The van der Waals surface area contributed by atoms with Crippen molar-refractivity contribution in [3.8, 4) is 28.1 Å². The zero-order valence-corrected chi connectivity index (χ0v) is 34.8. The number of halogens is 2. The summed E-state index contributed by atoms with van der Waals surface area (Å²) in [5, 5.41) is 13.6. The highest BCUT2D eigenvalue weighted by molar-refractivity contribution is 6.39. The molecule has 2 bridgehead atoms. The number of nitrogens with one attached hydrogen (secondary N) is 1. The van der Waals surface area contributed by atoms with Gasteiger partial charge in [-0.3, -0.25) is 29.2 Å². The Hall–Kier alpha value is -4.49. The fourth-order valence-electron chi connectivity index (χ4n) is 10.7. The van der Waals surface area contributed by atoms with Crippen LogP contribution < -0.4 is 10.1 Å². The number of carbonyl (C=O) groups is 3. The number of methoxy groups -OCH3 is 1. The molecule has 2 aliphatic carbocycles. The zero-order chi connectivity index (χ0) is 40.6. The number of hydrogen-bond acceptors (Lipinski definition) is 8. The summed E-state index contributed by atoms with van der Waals surface area (Å²) < 4.78 is 7.72. The molecule has 1 spiro atoms. The topological polar surface area (TPSA) is 133 Å². The lowest BCUT2D eigenvalue weighted by molar-refractivity contribution is -0.157. The highest BCUT2D eigenvalue weighted by atomic mass is 35.5. The Labute approximate surface area is 348 Å². The number of carbonyl (C=O) groups excluding carboxylic acids is 2. The number of carboxylic acids is 1. The molecule has 9 rings (SSSR count). The lowest BCUT2D eigenvalue weighted by atomic mass is 9.72. The number of fused-ring (bicyclic) bond motifs is 3. The number of likely N-dealkylation sites (tertiary alicyclic amines) is 2. The van der Waals surface area contributed by atoms with Gasteiger partial charge in [0.25, 0.3) is 5.91 Å². The highest BCUT2D eigenvalue weighted by Crippen LogP contribution is 2.63. The van der Waals surface area contributed by atoms with E-state index in [9.17, 15) is 19.5 Å². The van der Waals surface area contributed by atoms with E-state index >= 15 is 0 Å². The van der Waals surface area contributed by atoms with Crippen molar-refractivity contribution in [1.29, 1.82) is 0 Å². The van der Waals surface area contributed by atoms with Gasteiger partial charge in [0.15, 0.2) is 5.82 Å². The van der Waals surface area contributed by atoms with Crippen LogP contribution in [0.25, 0.3) is 22.4 Å². The molecule has 12 nitrogen and oxygen atoms in total. The van der Waals surface area contributed by atoms with Gasteiger partial charge >= 0.3 is 5.97 Å². The minimum absolute atomic E-state index is 0.139. The SMILES string of the molecule is COc1cc(-c2nccc(-c3cccc(NC(=O)c4nc5c(n4C)CCN(CCC46CCC(C(=O)O)(CC4)C6)C5)c3Cl)c2Cl)ccc1CN1CC2(C1)CN(C(C)=O)C2. The van der Waals surface area contributed by atoms with Gasteiger partial charge in [0, 0.05) is 106 Å². The van der Waals surface area contributed by atoms with Crippen molar-refractivity contribution in [1.82, 2.24) is 29.2 Å². The Morgan fingerprint density at radius 3 is 2.43 bits per heavy atom. The third-order valence-electron chi connectivity index (χ3n) is 13.9. The maximum Gasteiger partial charge on any atom is 0.309 e. The predicted octanol–water partition coefficient (Wildman–Crippen LogP) is 7.16. The molecule has 2 saturated carbocycles. The molecular weight excluding hydrogens is 777 g/mol. The molecule has 0 atom stereocenters. The van der Waals surface area contributed by atoms with Crippen molar-refractivity contribution in [3.05, 3.63) is 81.5 Å². The van der Waals surface area contributed by atoms with Crippen molar-refractivity contribution in [3.63, 3.8) is 0 Å². The molecular formula is C44H49Cl2N7O5. The molecule has 14 heteroatoms. The number of amides is 2. The van der Waals surface area contributed by atoms with E-state index in [-0.39, 0.29) is 22.6 Å². The molecule has 2 N–H and O–H groups in total. The van der Waals surface area contributed by atoms with Gasteiger partial charge in [0.05, 0.1) is 39.6 Å². The molecule has 5 heterocycles. The number of pyridine rings is 1. The van der Waals surface area contributed by atoms with Crippen molar-refractivity contribution in [2.75, 3.05) is 51.7 Å². The zero-order valence-electron chi connectivity index (χ0n) is 33.2. The largest absolute Gasteiger partial charge is 0.496 e. The lowest BCUT2D eigenvalue weighted by Crippen LogP contribution is -2.72. The Balaban J connectivity index is 0.867. The number of imidazole rings is 1. The normalized spacial score (nSPS) is 23.4. The van der Waals surface area contributed by atoms with Crippen molar-refractivity contribution < 1.29 is 24.2 Å². The first kappa shape index (κ1) is 39.0. The summed E-state index contributed by atoms with van der Waals surface area (Å²) in [5.74, 6) is 0.238. The third kappa shape index (κ3) is 6.75. The van der Waals surface area contributed by atoms with Crippen LogP contribution in [-0.2, 0) is 36.1 Å². The molecule has 2 amide bonds. The fourth-order valence-corrected chi connectivity index (χ4v) is 11.3. The second-order valence-electron chi connectivity index (χ2n) is 17.6. The average molecular weight is 827 g/mol. The van der Waals surface area contributed by atoms with E-state index in [0.717, 1.165) is 119 Å². The van der Waals surface area contributed by atoms with Crippen LogP contribution in [0.3, 0.4) is 0 Å². The van der Waals surface area contributed by atoms with Crippen LogP contribution in [0.1, 0.15) is 73.0 Å². The molecule has 5 aliphatic rings. The number of rotatable bonds is 11. The number of carboxylic acid groups (broad SMARTS) is 1. The number of benzene rings is 2. The number of hydrogen-bond donors (Lipinski definition) is 2. The van der Waals surface area contributed by atoms with E-state index in [0.29, 0.717) is 44.9 Å². The van der Waals surface area contributed by atoms with Crippen molar-refractivity contribution in [2.24, 2.45) is 23.3 Å². The van der Waals surface area contributed by atoms with E-state index in [2.05, 4.69) is 26.2 Å². The number of aromatic nitrogens is 3. The van der Waals surface area contributed by atoms with Gasteiger partial charge in [0.1, 0.15) is 5.75 Å². The van der Waals surface area contributed by atoms with Gasteiger partial charge in [0.2, 0.25) is 5.91 Å².